The molecule has 0 aromatic rings. The van der Waals surface area contributed by atoms with Gasteiger partial charge in [-0.3, -0.25) is 48.2 Å². The highest BCUT2D eigenvalue weighted by Gasteiger charge is 2.34. The maximum atomic E-state index is 13.2. The fourth-order valence-electron chi connectivity index (χ4n) is 11.1. The van der Waals surface area contributed by atoms with Crippen LogP contribution in [-0.2, 0) is 66.8 Å². The number of piperazine rings is 1. The van der Waals surface area contributed by atoms with Gasteiger partial charge in [-0.05, 0) is 128 Å². The Kier molecular flexibility index (Phi) is 65.7. The molecule has 18 heteroatoms. The lowest BCUT2D eigenvalue weighted by Crippen LogP contribution is -2.61. The van der Waals surface area contributed by atoms with Crippen molar-refractivity contribution in [2.24, 2.45) is 0 Å². The van der Waals surface area contributed by atoms with E-state index in [1.54, 1.807) is 0 Å². The van der Waals surface area contributed by atoms with Crippen LogP contribution in [0.2, 0.25) is 0 Å². The predicted octanol–water partition coefficient (Wildman–Crippen LogP) is 17.7. The second kappa shape index (κ2) is 71.6. The molecule has 18 nitrogen and oxygen atoms in total. The van der Waals surface area contributed by atoms with Crippen molar-refractivity contribution < 1.29 is 66.8 Å². The Balaban J connectivity index is 2.63. The van der Waals surface area contributed by atoms with Gasteiger partial charge >= 0.3 is 35.8 Å². The lowest BCUT2D eigenvalue weighted by molar-refractivity contribution is -0.147. The van der Waals surface area contributed by atoms with E-state index in [0.29, 0.717) is 13.2 Å². The summed E-state index contributed by atoms with van der Waals surface area (Å²) in [5.41, 5.74) is 0. The number of nitrogens with one attached hydrogen (secondary N) is 2. The van der Waals surface area contributed by atoms with Gasteiger partial charge in [-0.1, -0.05) is 228 Å². The minimum atomic E-state index is -1.00. The molecule has 1 fully saturated rings. The number of carbonyl (C=O) groups is 8. The summed E-state index contributed by atoms with van der Waals surface area (Å²) in [4.78, 5) is 107. The molecule has 1 saturated heterocycles. The first-order valence-electron chi connectivity index (χ1n) is 40.1. The normalized spacial score (nSPS) is 14.3. The van der Waals surface area contributed by atoms with Crippen LogP contribution in [0.4, 0.5) is 0 Å². The van der Waals surface area contributed by atoms with Gasteiger partial charge < -0.3 is 39.1 Å². The average molecular weight is 1430 g/mol. The lowest BCUT2D eigenvalue weighted by Gasteiger charge is -2.29. The summed E-state index contributed by atoms with van der Waals surface area (Å²) in [6.45, 7) is 11.3. The first-order valence-corrected chi connectivity index (χ1v) is 40.1. The largest absolute Gasteiger partial charge is 0.466 e. The summed E-state index contributed by atoms with van der Waals surface area (Å²) in [6, 6.07) is -2.00. The van der Waals surface area contributed by atoms with E-state index < -0.39 is 47.8 Å². The smallest absolute Gasteiger partial charge is 0.307 e. The van der Waals surface area contributed by atoms with Gasteiger partial charge in [0.15, 0.2) is 0 Å². The second-order valence-electron chi connectivity index (χ2n) is 26.6. The molecule has 0 saturated carbocycles. The van der Waals surface area contributed by atoms with Crippen molar-refractivity contribution in [2.75, 3.05) is 78.9 Å². The van der Waals surface area contributed by atoms with Gasteiger partial charge in [0.1, 0.15) is 38.5 Å². The van der Waals surface area contributed by atoms with Crippen LogP contribution in [0.25, 0.3) is 0 Å². The maximum absolute atomic E-state index is 13.2. The van der Waals surface area contributed by atoms with Crippen LogP contribution in [0, 0.1) is 0 Å². The van der Waals surface area contributed by atoms with E-state index in [1.807, 2.05) is 34.1 Å². The minimum absolute atomic E-state index is 0.0255. The number of ether oxygens (including phenoxy) is 6. The van der Waals surface area contributed by atoms with Gasteiger partial charge in [-0.2, -0.15) is 0 Å². The number of carbonyl (C=O) groups excluding carboxylic acids is 8. The van der Waals surface area contributed by atoms with Crippen LogP contribution in [0.5, 0.6) is 0 Å². The van der Waals surface area contributed by atoms with Crippen LogP contribution < -0.4 is 10.6 Å². The van der Waals surface area contributed by atoms with E-state index in [4.69, 9.17) is 28.4 Å². The maximum Gasteiger partial charge on any atom is 0.307 e. The van der Waals surface area contributed by atoms with Crippen molar-refractivity contribution in [1.29, 1.82) is 0 Å². The summed E-state index contributed by atoms with van der Waals surface area (Å²) in [5.74, 6) is -3.66. The van der Waals surface area contributed by atoms with Crippen LogP contribution in [-0.4, -0.2) is 148 Å². The highest BCUT2D eigenvalue weighted by Crippen LogP contribution is 2.14. The third-order valence-electron chi connectivity index (χ3n) is 17.5. The predicted molar refractivity (Wildman–Crippen MR) is 412 cm³/mol. The molecule has 0 spiro atoms. The number of hydrogen-bond acceptors (Lipinski definition) is 16. The Morgan fingerprint density at radius 2 is 0.529 bits per heavy atom. The summed E-state index contributed by atoms with van der Waals surface area (Å²) < 4.78 is 33.0. The molecule has 0 bridgehead atoms. The molecule has 1 heterocycles. The van der Waals surface area contributed by atoms with Crippen LogP contribution >= 0.6 is 0 Å². The van der Waals surface area contributed by atoms with Crippen LogP contribution in [0.1, 0.15) is 297 Å². The molecular formula is C84H140N4O14. The van der Waals surface area contributed by atoms with Crippen molar-refractivity contribution in [1.82, 2.24) is 20.4 Å². The van der Waals surface area contributed by atoms with Crippen LogP contribution in [0.15, 0.2) is 97.2 Å². The fourth-order valence-corrected chi connectivity index (χ4v) is 11.1. The molecule has 0 aromatic carbocycles. The molecule has 1 aliphatic heterocycles. The molecule has 0 aromatic heterocycles. The zero-order chi connectivity index (χ0) is 74.1. The van der Waals surface area contributed by atoms with Gasteiger partial charge in [0.05, 0.1) is 38.9 Å². The lowest BCUT2D eigenvalue weighted by atomic mass is 10.0. The van der Waals surface area contributed by atoms with E-state index in [9.17, 15) is 38.4 Å². The molecule has 580 valence electrons. The number of amides is 2. The van der Waals surface area contributed by atoms with Crippen molar-refractivity contribution in [3.05, 3.63) is 97.2 Å². The Morgan fingerprint density at radius 1 is 0.284 bits per heavy atom. The summed E-state index contributed by atoms with van der Waals surface area (Å²) in [5, 5.41) is 5.34. The Morgan fingerprint density at radius 3 is 0.833 bits per heavy atom. The average Bonchev–Trinajstić information content (AvgIpc) is 0.845. The Hall–Kier alpha value is -6.40. The molecular weight excluding hydrogens is 1290 g/mol. The first-order chi connectivity index (χ1) is 49.9. The number of nitrogens with zero attached hydrogens (tertiary/aromatic N) is 2. The summed E-state index contributed by atoms with van der Waals surface area (Å²) >= 11 is 0. The highest BCUT2D eigenvalue weighted by molar-refractivity contribution is 5.97. The molecule has 2 unspecified atom stereocenters. The third-order valence-corrected chi connectivity index (χ3v) is 17.5. The van der Waals surface area contributed by atoms with Gasteiger partial charge in [-0.25, -0.2) is 0 Å². The van der Waals surface area contributed by atoms with E-state index in [2.05, 4.69) is 111 Å². The zero-order valence-electron chi connectivity index (χ0n) is 64.2. The molecule has 2 atom stereocenters. The van der Waals surface area contributed by atoms with Gasteiger partial charge in [0.25, 0.3) is 0 Å². The van der Waals surface area contributed by atoms with Crippen molar-refractivity contribution in [2.45, 2.75) is 309 Å². The van der Waals surface area contributed by atoms with Crippen LogP contribution in [0.3, 0.4) is 0 Å². The Labute approximate surface area is 617 Å². The molecule has 102 heavy (non-hydrogen) atoms. The van der Waals surface area contributed by atoms with E-state index in [1.165, 1.54) is 116 Å². The topological polar surface area (TPSA) is 222 Å². The Bertz CT molecular complexity index is 2230. The number of hydrogen-bond donors (Lipinski definition) is 2. The minimum Gasteiger partial charge on any atom is -0.466 e. The van der Waals surface area contributed by atoms with Crippen molar-refractivity contribution in [3.8, 4) is 0 Å². The van der Waals surface area contributed by atoms with Gasteiger partial charge in [0.2, 0.25) is 11.8 Å². The van der Waals surface area contributed by atoms with Gasteiger partial charge in [0, 0.05) is 52.1 Å². The first kappa shape index (κ1) is 93.6. The number of unbranched alkanes of at least 4 members (excludes halogenated alkanes) is 24. The van der Waals surface area contributed by atoms with E-state index in [-0.39, 0.29) is 129 Å². The third kappa shape index (κ3) is 62.2. The number of allylic oxidation sites excluding steroid dienone is 14. The molecule has 0 radical (unpaired) electrons. The number of rotatable bonds is 70. The van der Waals surface area contributed by atoms with E-state index in [0.717, 1.165) is 103 Å². The standard InChI is InChI=1S/C84H140N4O14/c1-5-9-13-17-21-25-27-29-31-33-35-37-41-45-49-53-71-99-81(93)61-65-87(63-59-79(91)97-69-51-47-43-39-23-19-15-11-7-3)67-73-101-77(89)57-55-75-83(95)86-76(84(96)85-75)56-58-78(90)102-74-68-88(64-60-80(92)98-70-52-48-44-40-24-20-16-12-8-4)66-62-82(94)100-72-54-50-46-42-38-36-34-32-30-28-26-22-18-14-10-6-2/h21-26,29-32,39-40,47-48,51-52,75-76H,5-20,27-28,33-38,41-46,49-50,53-74H2,1-4H3,(H,85,96)(H,86,95)/b25-21-,26-22-,31-29-,32-30-,39-23-,40-24-,51-47-,52-48-. The van der Waals surface area contributed by atoms with Crippen molar-refractivity contribution in [3.63, 3.8) is 0 Å². The quantitative estimate of drug-likeness (QED) is 0.0250. The molecule has 0 aliphatic carbocycles. The highest BCUT2D eigenvalue weighted by atomic mass is 16.6. The monoisotopic (exact) mass is 1430 g/mol. The summed E-state index contributed by atoms with van der Waals surface area (Å²) in [7, 11) is 0. The van der Waals surface area contributed by atoms with Gasteiger partial charge in [-0.15, -0.1) is 0 Å². The SMILES string of the molecule is CCCCC/C=C\C/C=C\CCCCCCCCOC(=O)CCN(CCOC(=O)CCC1NC(=O)C(CCC(=O)OCCN(CCC(=O)OC/C=C\C/C=C\CCCCC)CCC(=O)OCCCCCCCC/C=C\C/C=C\CCCCC)NC1=O)CCC(=O)OC/C=C\C/C=C\CCCCC. The molecule has 2 amide bonds. The molecule has 1 aliphatic rings. The molecule has 1 rings (SSSR count). The fraction of sp³-hybridized carbons (Fsp3) is 0.714. The molecule has 2 N–H and O–H groups in total. The zero-order valence-corrected chi connectivity index (χ0v) is 64.2. The summed E-state index contributed by atoms with van der Waals surface area (Å²) in [6.07, 6.45) is 71.8. The van der Waals surface area contributed by atoms with Crippen molar-refractivity contribution >= 4 is 47.6 Å². The second-order valence-corrected chi connectivity index (χ2v) is 26.6. The number of esters is 6. The van der Waals surface area contributed by atoms with E-state index >= 15 is 0 Å².